The highest BCUT2D eigenvalue weighted by atomic mass is 16.5. The van der Waals surface area contributed by atoms with Gasteiger partial charge in [-0.3, -0.25) is 0 Å². The van der Waals surface area contributed by atoms with Crippen LogP contribution >= 0.6 is 0 Å². The fourth-order valence-corrected chi connectivity index (χ4v) is 0.746. The Morgan fingerprint density at radius 3 is 2.36 bits per heavy atom. The summed E-state index contributed by atoms with van der Waals surface area (Å²) < 4.78 is 11.0. The molecular weight excluding hydrogens is 196 g/mol. The highest BCUT2D eigenvalue weighted by Crippen LogP contribution is 2.06. The van der Waals surface area contributed by atoms with E-state index in [0.29, 0.717) is 0 Å². The minimum atomic E-state index is -2.23. The summed E-state index contributed by atoms with van der Waals surface area (Å²) in [5.41, 5.74) is 0. The molecule has 7 nitrogen and oxygen atoms in total. The number of aliphatic hydroxyl groups is 3. The molecule has 0 aromatic rings. The first-order chi connectivity index (χ1) is 6.95. The minimum Gasteiger partial charge on any atom is -0.479 e. The van der Waals surface area contributed by atoms with E-state index < -0.39 is 37.5 Å². The number of aliphatic carboxylic acids is 1. The van der Waals surface area contributed by atoms with Crippen LogP contribution in [-0.2, 0) is 14.3 Å². The number of aliphatic hydroxyl groups excluding tert-OH is 3. The molecule has 82 valence electrons. The van der Waals surface area contributed by atoms with Crippen LogP contribution in [0.3, 0.4) is 0 Å². The van der Waals surface area contributed by atoms with Crippen molar-refractivity contribution < 1.29 is 36.1 Å². The monoisotopic (exact) mass is 209 g/mol. The van der Waals surface area contributed by atoms with Crippen LogP contribution in [0.2, 0.25) is 0 Å². The molecule has 0 unspecified atom stereocenters. The van der Waals surface area contributed by atoms with E-state index in [9.17, 15) is 14.7 Å². The number of rotatable bonds is 6. The Hall–Kier alpha value is -1.02. The molecule has 7 heteroatoms. The molecule has 0 aliphatic carbocycles. The number of ether oxygens (including phenoxy) is 1. The lowest BCUT2D eigenvalue weighted by Gasteiger charge is -2.23. The van der Waals surface area contributed by atoms with E-state index in [0.717, 1.165) is 0 Å². The zero-order valence-corrected chi connectivity index (χ0v) is 7.11. The van der Waals surface area contributed by atoms with Gasteiger partial charge in [-0.25, -0.2) is 4.79 Å². The third-order valence-electron chi connectivity index (χ3n) is 1.59. The number of carbonyl (C=O) groups excluding carboxylic acids is 1. The second-order valence-corrected chi connectivity index (χ2v) is 2.53. The Kier molecular flexibility index (Phi) is 4.47. The Morgan fingerprint density at radius 1 is 1.43 bits per heavy atom. The standard InChI is InChI=1S/C7H12O7/c1-14-3(2-8)4(9)5(10)6(11)7(12)13/h2-6,9-11H,1H3,(H,12,13)/t3-,4+,5-,6-/m0/s1/i1D. The Balaban J connectivity index is 4.45. The summed E-state index contributed by atoms with van der Waals surface area (Å²) in [4.78, 5) is 20.6. The summed E-state index contributed by atoms with van der Waals surface area (Å²) in [6.07, 6.45) is -7.64. The van der Waals surface area contributed by atoms with Gasteiger partial charge in [0.2, 0.25) is 0 Å². The van der Waals surface area contributed by atoms with Gasteiger partial charge < -0.3 is 30.0 Å². The lowest BCUT2D eigenvalue weighted by molar-refractivity contribution is -0.165. The van der Waals surface area contributed by atoms with Crippen LogP contribution in [0.15, 0.2) is 0 Å². The normalized spacial score (nSPS) is 20.4. The molecule has 0 aromatic heterocycles. The van der Waals surface area contributed by atoms with Gasteiger partial charge in [-0.15, -0.1) is 0 Å². The molecule has 4 atom stereocenters. The fraction of sp³-hybridized carbons (Fsp3) is 0.714. The van der Waals surface area contributed by atoms with Gasteiger partial charge in [0.05, 0.1) is 1.37 Å². The summed E-state index contributed by atoms with van der Waals surface area (Å²) in [6.45, 7) is 0. The SMILES string of the molecule is [2H]CO[C@@H](C=O)[C@@H](O)[C@H](O)[C@H](O)C(=O)O. The van der Waals surface area contributed by atoms with Crippen LogP contribution in [0.5, 0.6) is 0 Å². The molecule has 0 rings (SSSR count). The molecule has 0 saturated carbocycles. The molecule has 0 aromatic carbocycles. The summed E-state index contributed by atoms with van der Waals surface area (Å²) in [5.74, 6) is -1.74. The largest absolute Gasteiger partial charge is 0.479 e. The summed E-state index contributed by atoms with van der Waals surface area (Å²) in [6, 6.07) is 0. The van der Waals surface area contributed by atoms with Gasteiger partial charge in [-0.1, -0.05) is 0 Å². The van der Waals surface area contributed by atoms with Crippen molar-refractivity contribution >= 4 is 12.3 Å². The van der Waals surface area contributed by atoms with Crippen LogP contribution in [0, 0.1) is 0 Å². The number of aldehydes is 1. The van der Waals surface area contributed by atoms with Crippen molar-refractivity contribution in [2.75, 3.05) is 7.09 Å². The zero-order valence-electron chi connectivity index (χ0n) is 8.11. The predicted molar refractivity (Wildman–Crippen MR) is 42.5 cm³/mol. The van der Waals surface area contributed by atoms with Gasteiger partial charge in [0.15, 0.2) is 12.4 Å². The molecule has 0 radical (unpaired) electrons. The Labute approximate surface area is 80.9 Å². The van der Waals surface area contributed by atoms with Crippen molar-refractivity contribution in [1.29, 1.82) is 0 Å². The fourth-order valence-electron chi connectivity index (χ4n) is 0.746. The highest BCUT2D eigenvalue weighted by Gasteiger charge is 2.34. The zero-order chi connectivity index (χ0) is 12.0. The maximum absolute atomic E-state index is 10.3. The Bertz CT molecular complexity index is 221. The van der Waals surface area contributed by atoms with Crippen molar-refractivity contribution in [2.45, 2.75) is 24.4 Å². The lowest BCUT2D eigenvalue weighted by Crippen LogP contribution is -2.48. The maximum atomic E-state index is 10.3. The predicted octanol–water partition coefficient (Wildman–Crippen LogP) is -2.63. The van der Waals surface area contributed by atoms with E-state index >= 15 is 0 Å². The third-order valence-corrected chi connectivity index (χ3v) is 1.59. The van der Waals surface area contributed by atoms with E-state index in [1.54, 1.807) is 0 Å². The van der Waals surface area contributed by atoms with Crippen LogP contribution in [0.4, 0.5) is 0 Å². The van der Waals surface area contributed by atoms with Crippen LogP contribution in [0.25, 0.3) is 0 Å². The number of hydrogen-bond donors (Lipinski definition) is 4. The second-order valence-electron chi connectivity index (χ2n) is 2.53. The highest BCUT2D eigenvalue weighted by molar-refractivity contribution is 5.73. The molecule has 0 aliphatic heterocycles. The van der Waals surface area contributed by atoms with Crippen LogP contribution in [-0.4, -0.2) is 64.2 Å². The summed E-state index contributed by atoms with van der Waals surface area (Å²) in [5, 5.41) is 35.5. The topological polar surface area (TPSA) is 124 Å². The van der Waals surface area contributed by atoms with Gasteiger partial charge >= 0.3 is 5.97 Å². The van der Waals surface area contributed by atoms with Crippen molar-refractivity contribution in [3.8, 4) is 0 Å². The van der Waals surface area contributed by atoms with E-state index in [1.165, 1.54) is 0 Å². The Morgan fingerprint density at radius 2 is 2.00 bits per heavy atom. The number of hydrogen-bond acceptors (Lipinski definition) is 6. The van der Waals surface area contributed by atoms with Crippen LogP contribution < -0.4 is 0 Å². The first-order valence-electron chi connectivity index (χ1n) is 4.29. The molecule has 14 heavy (non-hydrogen) atoms. The minimum absolute atomic E-state index is 0.108. The molecule has 0 saturated heterocycles. The molecule has 0 aliphatic rings. The maximum Gasteiger partial charge on any atom is 0.335 e. The number of carboxylic acid groups (broad SMARTS) is 1. The average Bonchev–Trinajstić information content (AvgIpc) is 2.22. The molecule has 0 heterocycles. The number of methoxy groups -OCH3 is 1. The summed E-state index contributed by atoms with van der Waals surface area (Å²) >= 11 is 0. The first-order valence-corrected chi connectivity index (χ1v) is 3.58. The van der Waals surface area contributed by atoms with E-state index in [1.807, 2.05) is 0 Å². The molecule has 0 spiro atoms. The number of carboxylic acids is 1. The molecule has 0 fully saturated rings. The molecule has 0 amide bonds. The van der Waals surface area contributed by atoms with Gasteiger partial charge in [-0.05, 0) is 0 Å². The molecular formula is C7H12O7. The van der Waals surface area contributed by atoms with E-state index in [2.05, 4.69) is 4.74 Å². The van der Waals surface area contributed by atoms with Crippen molar-refractivity contribution in [3.63, 3.8) is 0 Å². The van der Waals surface area contributed by atoms with Gasteiger partial charge in [0.1, 0.15) is 18.3 Å². The summed E-state index contributed by atoms with van der Waals surface area (Å²) in [7, 11) is -0.643. The number of carbonyl (C=O) groups is 2. The van der Waals surface area contributed by atoms with Crippen LogP contribution in [0.1, 0.15) is 1.37 Å². The van der Waals surface area contributed by atoms with Crippen molar-refractivity contribution in [2.24, 2.45) is 0 Å². The lowest BCUT2D eigenvalue weighted by atomic mass is 10.0. The van der Waals surface area contributed by atoms with E-state index in [4.69, 9.17) is 16.7 Å². The van der Waals surface area contributed by atoms with Gasteiger partial charge in [0.25, 0.3) is 0 Å². The van der Waals surface area contributed by atoms with Gasteiger partial charge in [-0.2, -0.15) is 0 Å². The van der Waals surface area contributed by atoms with Gasteiger partial charge in [0, 0.05) is 7.09 Å². The quantitative estimate of drug-likeness (QED) is 0.352. The smallest absolute Gasteiger partial charge is 0.335 e. The van der Waals surface area contributed by atoms with Crippen molar-refractivity contribution in [3.05, 3.63) is 0 Å². The third kappa shape index (κ3) is 3.04. The molecule has 0 bridgehead atoms. The first kappa shape index (κ1) is 11.1. The molecule has 4 N–H and O–H groups in total. The average molecular weight is 209 g/mol. The second kappa shape index (κ2) is 5.66. The van der Waals surface area contributed by atoms with Crippen molar-refractivity contribution in [1.82, 2.24) is 0 Å². The van der Waals surface area contributed by atoms with E-state index in [-0.39, 0.29) is 6.29 Å².